The molecule has 0 N–H and O–H groups in total. The number of nitrogens with zero attached hydrogens (tertiary/aromatic N) is 3. The molecule has 0 bridgehead atoms. The molecule has 2 aromatic rings. The molecule has 84 valence electrons. The summed E-state index contributed by atoms with van der Waals surface area (Å²) in [6.07, 6.45) is 1.52. The molecular formula is C11H12BrN3O. The third-order valence-electron chi connectivity index (χ3n) is 2.23. The molecule has 4 nitrogen and oxygen atoms in total. The van der Waals surface area contributed by atoms with Gasteiger partial charge in [-0.3, -0.25) is 4.68 Å². The maximum absolute atomic E-state index is 5.63. The molecular weight excluding hydrogens is 270 g/mol. The van der Waals surface area contributed by atoms with E-state index in [4.69, 9.17) is 4.74 Å². The van der Waals surface area contributed by atoms with Crippen molar-refractivity contribution in [1.29, 1.82) is 0 Å². The summed E-state index contributed by atoms with van der Waals surface area (Å²) in [6.45, 7) is 0.433. The lowest BCUT2D eigenvalue weighted by Crippen LogP contribution is -2.04. The molecule has 0 radical (unpaired) electrons. The van der Waals surface area contributed by atoms with E-state index in [0.29, 0.717) is 6.61 Å². The summed E-state index contributed by atoms with van der Waals surface area (Å²) < 4.78 is 7.33. The van der Waals surface area contributed by atoms with Gasteiger partial charge in [-0.1, -0.05) is 28.1 Å². The van der Waals surface area contributed by atoms with Crippen molar-refractivity contribution in [3.63, 3.8) is 0 Å². The second kappa shape index (κ2) is 5.12. The summed E-state index contributed by atoms with van der Waals surface area (Å²) in [5.41, 5.74) is 1.19. The fraction of sp³-hybridized carbons (Fsp3) is 0.273. The second-order valence-corrected chi connectivity index (χ2v) is 3.93. The van der Waals surface area contributed by atoms with Gasteiger partial charge in [0.05, 0.1) is 0 Å². The van der Waals surface area contributed by atoms with Crippen LogP contribution in [0.3, 0.4) is 0 Å². The van der Waals surface area contributed by atoms with Gasteiger partial charge in [0.15, 0.2) is 5.82 Å². The van der Waals surface area contributed by atoms with Crippen LogP contribution in [-0.2, 0) is 19.0 Å². The fourth-order valence-corrected chi connectivity index (χ4v) is 1.67. The molecule has 16 heavy (non-hydrogen) atoms. The van der Waals surface area contributed by atoms with Crippen LogP contribution in [0.1, 0.15) is 11.4 Å². The highest BCUT2D eigenvalue weighted by molar-refractivity contribution is 9.08. The lowest BCUT2D eigenvalue weighted by atomic mass is 10.2. The van der Waals surface area contributed by atoms with Gasteiger partial charge in [0.1, 0.15) is 18.7 Å². The molecule has 0 unspecified atom stereocenters. The van der Waals surface area contributed by atoms with Crippen LogP contribution >= 0.6 is 15.9 Å². The third kappa shape index (κ3) is 2.61. The molecule has 0 atom stereocenters. The van der Waals surface area contributed by atoms with Gasteiger partial charge in [-0.05, 0) is 17.7 Å². The number of aryl methyl sites for hydroxylation is 1. The van der Waals surface area contributed by atoms with Gasteiger partial charge in [0.2, 0.25) is 0 Å². The third-order valence-corrected chi connectivity index (χ3v) is 2.87. The lowest BCUT2D eigenvalue weighted by molar-refractivity contribution is 0.289. The monoisotopic (exact) mass is 281 g/mol. The maximum Gasteiger partial charge on any atom is 0.164 e. The molecule has 0 saturated carbocycles. The van der Waals surface area contributed by atoms with Crippen LogP contribution in [0.5, 0.6) is 5.75 Å². The van der Waals surface area contributed by atoms with Crippen LogP contribution in [0.25, 0.3) is 0 Å². The number of halogens is 1. The Kier molecular flexibility index (Phi) is 3.56. The Morgan fingerprint density at radius 1 is 1.44 bits per heavy atom. The van der Waals surface area contributed by atoms with E-state index >= 15 is 0 Å². The Morgan fingerprint density at radius 2 is 2.31 bits per heavy atom. The van der Waals surface area contributed by atoms with E-state index in [0.717, 1.165) is 16.9 Å². The minimum atomic E-state index is 0.433. The minimum Gasteiger partial charge on any atom is -0.486 e. The summed E-state index contributed by atoms with van der Waals surface area (Å²) in [4.78, 5) is 4.09. The zero-order chi connectivity index (χ0) is 11.4. The van der Waals surface area contributed by atoms with E-state index in [-0.39, 0.29) is 0 Å². The molecule has 0 saturated heterocycles. The van der Waals surface area contributed by atoms with Crippen LogP contribution in [0, 0.1) is 0 Å². The standard InChI is InChI=1S/C11H12BrN3O/c1-15-11(13-8-14-15)7-16-10-4-2-3-9(5-10)6-12/h2-5,8H,6-7H2,1H3. The average molecular weight is 282 g/mol. The first-order chi connectivity index (χ1) is 7.79. The van der Waals surface area contributed by atoms with Crippen LogP contribution in [-0.4, -0.2) is 14.8 Å². The van der Waals surface area contributed by atoms with Crippen molar-refractivity contribution in [2.24, 2.45) is 7.05 Å². The van der Waals surface area contributed by atoms with Crippen molar-refractivity contribution < 1.29 is 4.74 Å². The van der Waals surface area contributed by atoms with Gasteiger partial charge < -0.3 is 4.74 Å². The number of hydrogen-bond donors (Lipinski definition) is 0. The highest BCUT2D eigenvalue weighted by Crippen LogP contribution is 2.16. The quantitative estimate of drug-likeness (QED) is 0.808. The van der Waals surface area contributed by atoms with Crippen molar-refractivity contribution in [2.75, 3.05) is 0 Å². The number of rotatable bonds is 4. The van der Waals surface area contributed by atoms with Crippen molar-refractivity contribution in [2.45, 2.75) is 11.9 Å². The summed E-state index contributed by atoms with van der Waals surface area (Å²) in [7, 11) is 1.85. The minimum absolute atomic E-state index is 0.433. The number of benzene rings is 1. The normalized spacial score (nSPS) is 10.4. The van der Waals surface area contributed by atoms with E-state index in [9.17, 15) is 0 Å². The predicted molar refractivity (Wildman–Crippen MR) is 64.4 cm³/mol. The number of aromatic nitrogens is 3. The van der Waals surface area contributed by atoms with Gasteiger partial charge in [0.25, 0.3) is 0 Å². The molecule has 0 aliphatic rings. The van der Waals surface area contributed by atoms with Crippen LogP contribution in [0.2, 0.25) is 0 Å². The van der Waals surface area contributed by atoms with Gasteiger partial charge in [0, 0.05) is 12.4 Å². The van der Waals surface area contributed by atoms with Crippen molar-refractivity contribution in [3.8, 4) is 5.75 Å². The highest BCUT2D eigenvalue weighted by atomic mass is 79.9. The van der Waals surface area contributed by atoms with E-state index < -0.39 is 0 Å². The van der Waals surface area contributed by atoms with Crippen LogP contribution in [0.15, 0.2) is 30.6 Å². The first-order valence-electron chi connectivity index (χ1n) is 4.90. The topological polar surface area (TPSA) is 39.9 Å². The van der Waals surface area contributed by atoms with E-state index in [2.05, 4.69) is 26.0 Å². The number of hydrogen-bond acceptors (Lipinski definition) is 3. The SMILES string of the molecule is Cn1ncnc1COc1cccc(CBr)c1. The fourth-order valence-electron chi connectivity index (χ4n) is 1.32. The molecule has 0 aliphatic heterocycles. The van der Waals surface area contributed by atoms with Crippen molar-refractivity contribution >= 4 is 15.9 Å². The van der Waals surface area contributed by atoms with Crippen molar-refractivity contribution in [3.05, 3.63) is 42.0 Å². The zero-order valence-corrected chi connectivity index (χ0v) is 10.5. The van der Waals surface area contributed by atoms with Gasteiger partial charge in [-0.2, -0.15) is 5.10 Å². The highest BCUT2D eigenvalue weighted by Gasteiger charge is 2.01. The molecule has 0 aliphatic carbocycles. The lowest BCUT2D eigenvalue weighted by Gasteiger charge is -2.06. The van der Waals surface area contributed by atoms with Crippen LogP contribution in [0.4, 0.5) is 0 Å². The zero-order valence-electron chi connectivity index (χ0n) is 8.93. The van der Waals surface area contributed by atoms with E-state index in [1.165, 1.54) is 11.9 Å². The Morgan fingerprint density at radius 3 is 3.00 bits per heavy atom. The molecule has 5 heteroatoms. The largest absolute Gasteiger partial charge is 0.486 e. The van der Waals surface area contributed by atoms with Gasteiger partial charge >= 0.3 is 0 Å². The average Bonchev–Trinajstić information content (AvgIpc) is 2.72. The molecule has 0 fully saturated rings. The van der Waals surface area contributed by atoms with Gasteiger partial charge in [-0.15, -0.1) is 0 Å². The second-order valence-electron chi connectivity index (χ2n) is 3.37. The number of alkyl halides is 1. The molecule has 1 heterocycles. The van der Waals surface area contributed by atoms with Crippen LogP contribution < -0.4 is 4.74 Å². The molecule has 1 aromatic heterocycles. The van der Waals surface area contributed by atoms with Crippen molar-refractivity contribution in [1.82, 2.24) is 14.8 Å². The first kappa shape index (κ1) is 11.1. The summed E-state index contributed by atoms with van der Waals surface area (Å²) in [6, 6.07) is 7.96. The summed E-state index contributed by atoms with van der Waals surface area (Å²) in [5, 5.41) is 4.81. The predicted octanol–water partition coefficient (Wildman–Crippen LogP) is 2.29. The maximum atomic E-state index is 5.63. The Labute approximate surface area is 102 Å². The molecule has 0 amide bonds. The molecule has 2 rings (SSSR count). The molecule has 0 spiro atoms. The number of ether oxygens (including phenoxy) is 1. The summed E-state index contributed by atoms with van der Waals surface area (Å²) in [5.74, 6) is 1.66. The van der Waals surface area contributed by atoms with E-state index in [1.807, 2.05) is 31.3 Å². The molecule has 1 aromatic carbocycles. The summed E-state index contributed by atoms with van der Waals surface area (Å²) >= 11 is 3.41. The Balaban J connectivity index is 2.02. The first-order valence-corrected chi connectivity index (χ1v) is 6.02. The smallest absolute Gasteiger partial charge is 0.164 e. The Bertz CT molecular complexity index is 470. The van der Waals surface area contributed by atoms with E-state index in [1.54, 1.807) is 4.68 Å². The van der Waals surface area contributed by atoms with Gasteiger partial charge in [-0.25, -0.2) is 4.98 Å². The Hall–Kier alpha value is -1.36.